The first-order valence-electron chi connectivity index (χ1n) is 5.94. The van der Waals surface area contributed by atoms with Gasteiger partial charge in [0.1, 0.15) is 0 Å². The summed E-state index contributed by atoms with van der Waals surface area (Å²) in [6.07, 6.45) is 3.92. The SMILES string of the molecule is CC(Cc1cccs1)NC(=O)c1ccncc1NN. The minimum atomic E-state index is -0.153. The van der Waals surface area contributed by atoms with E-state index in [4.69, 9.17) is 5.84 Å². The molecule has 0 aliphatic heterocycles. The largest absolute Gasteiger partial charge is 0.349 e. The number of nitrogens with one attached hydrogen (secondary N) is 2. The topological polar surface area (TPSA) is 80.0 Å². The van der Waals surface area contributed by atoms with Crippen molar-refractivity contribution in [2.45, 2.75) is 19.4 Å². The van der Waals surface area contributed by atoms with Gasteiger partial charge in [0.2, 0.25) is 0 Å². The molecular formula is C13H16N4OS. The highest BCUT2D eigenvalue weighted by molar-refractivity contribution is 7.09. The van der Waals surface area contributed by atoms with Crippen LogP contribution < -0.4 is 16.6 Å². The average Bonchev–Trinajstić information content (AvgIpc) is 2.91. The molecule has 0 aromatic carbocycles. The molecule has 4 N–H and O–H groups in total. The van der Waals surface area contributed by atoms with Crippen LogP contribution in [0.1, 0.15) is 22.2 Å². The van der Waals surface area contributed by atoms with Crippen molar-refractivity contribution in [3.8, 4) is 0 Å². The molecule has 1 unspecified atom stereocenters. The number of nitrogens with two attached hydrogens (primary N) is 1. The number of nitrogen functional groups attached to an aromatic ring is 1. The van der Waals surface area contributed by atoms with E-state index in [1.165, 1.54) is 11.1 Å². The number of rotatable bonds is 5. The van der Waals surface area contributed by atoms with Crippen molar-refractivity contribution in [3.05, 3.63) is 46.4 Å². The Morgan fingerprint density at radius 2 is 2.37 bits per heavy atom. The summed E-state index contributed by atoms with van der Waals surface area (Å²) in [4.78, 5) is 17.3. The minimum absolute atomic E-state index is 0.0601. The smallest absolute Gasteiger partial charge is 0.253 e. The summed E-state index contributed by atoms with van der Waals surface area (Å²) in [6.45, 7) is 1.98. The Labute approximate surface area is 115 Å². The molecule has 5 nitrogen and oxygen atoms in total. The number of thiophene rings is 1. The van der Waals surface area contributed by atoms with Crippen LogP contribution in [0.3, 0.4) is 0 Å². The summed E-state index contributed by atoms with van der Waals surface area (Å²) < 4.78 is 0. The first-order chi connectivity index (χ1) is 9.20. The molecule has 2 rings (SSSR count). The molecule has 0 radical (unpaired) electrons. The Hall–Kier alpha value is -1.92. The third kappa shape index (κ3) is 3.52. The van der Waals surface area contributed by atoms with Gasteiger partial charge < -0.3 is 10.7 Å². The first kappa shape index (κ1) is 13.5. The number of carbonyl (C=O) groups is 1. The quantitative estimate of drug-likeness (QED) is 0.574. The van der Waals surface area contributed by atoms with E-state index < -0.39 is 0 Å². The van der Waals surface area contributed by atoms with Gasteiger partial charge in [-0.1, -0.05) is 6.07 Å². The van der Waals surface area contributed by atoms with Crippen LogP contribution in [0.25, 0.3) is 0 Å². The predicted octanol–water partition coefficient (Wildman–Crippen LogP) is 1.79. The molecule has 1 atom stereocenters. The Morgan fingerprint density at radius 1 is 1.53 bits per heavy atom. The lowest BCUT2D eigenvalue weighted by molar-refractivity contribution is 0.0941. The summed E-state index contributed by atoms with van der Waals surface area (Å²) in [5.41, 5.74) is 3.49. The Bertz CT molecular complexity index is 541. The third-order valence-corrected chi connectivity index (χ3v) is 3.58. The van der Waals surface area contributed by atoms with Gasteiger partial charge in [0.05, 0.1) is 17.4 Å². The van der Waals surface area contributed by atoms with E-state index in [0.29, 0.717) is 11.3 Å². The number of pyridine rings is 1. The van der Waals surface area contributed by atoms with Crippen molar-refractivity contribution < 1.29 is 4.79 Å². The second-order valence-electron chi connectivity index (χ2n) is 4.22. The Balaban J connectivity index is 2.00. The van der Waals surface area contributed by atoms with Crippen LogP contribution in [0, 0.1) is 0 Å². The standard InChI is InChI=1S/C13H16N4OS/c1-9(7-10-3-2-6-19-10)16-13(18)11-4-5-15-8-12(11)17-14/h2-6,8-9,17H,7,14H2,1H3,(H,16,18). The fourth-order valence-corrected chi connectivity index (χ4v) is 2.63. The number of amides is 1. The lowest BCUT2D eigenvalue weighted by Gasteiger charge is -2.14. The molecule has 0 spiro atoms. The number of aromatic nitrogens is 1. The summed E-state index contributed by atoms with van der Waals surface area (Å²) in [7, 11) is 0. The van der Waals surface area contributed by atoms with E-state index in [1.807, 2.05) is 18.4 Å². The van der Waals surface area contributed by atoms with Crippen molar-refractivity contribution in [3.63, 3.8) is 0 Å². The number of anilines is 1. The number of hydrazine groups is 1. The number of hydrogen-bond acceptors (Lipinski definition) is 5. The molecule has 100 valence electrons. The fourth-order valence-electron chi connectivity index (χ4n) is 1.79. The summed E-state index contributed by atoms with van der Waals surface area (Å²) in [5.74, 6) is 5.21. The van der Waals surface area contributed by atoms with Gasteiger partial charge in [-0.25, -0.2) is 0 Å². The van der Waals surface area contributed by atoms with Crippen molar-refractivity contribution in [2.24, 2.45) is 5.84 Å². The molecule has 2 heterocycles. The van der Waals surface area contributed by atoms with E-state index in [0.717, 1.165) is 6.42 Å². The third-order valence-electron chi connectivity index (χ3n) is 2.69. The predicted molar refractivity (Wildman–Crippen MR) is 77.0 cm³/mol. The van der Waals surface area contributed by atoms with Gasteiger partial charge in [-0.05, 0) is 24.4 Å². The van der Waals surface area contributed by atoms with Crippen LogP contribution in [-0.4, -0.2) is 16.9 Å². The summed E-state index contributed by atoms with van der Waals surface area (Å²) in [5, 5.41) is 4.98. The lowest BCUT2D eigenvalue weighted by Crippen LogP contribution is -2.34. The molecule has 1 amide bonds. The van der Waals surface area contributed by atoms with Gasteiger partial charge in [-0.15, -0.1) is 11.3 Å². The average molecular weight is 276 g/mol. The normalized spacial score (nSPS) is 11.9. The minimum Gasteiger partial charge on any atom is -0.349 e. The van der Waals surface area contributed by atoms with E-state index >= 15 is 0 Å². The molecule has 0 bridgehead atoms. The van der Waals surface area contributed by atoms with Crippen LogP contribution in [0.5, 0.6) is 0 Å². The van der Waals surface area contributed by atoms with Crippen LogP contribution in [-0.2, 0) is 6.42 Å². The van der Waals surface area contributed by atoms with Gasteiger partial charge in [-0.2, -0.15) is 0 Å². The molecular weight excluding hydrogens is 260 g/mol. The second kappa shape index (κ2) is 6.31. The molecule has 19 heavy (non-hydrogen) atoms. The van der Waals surface area contributed by atoms with Crippen LogP contribution in [0.4, 0.5) is 5.69 Å². The molecule has 2 aromatic heterocycles. The maximum absolute atomic E-state index is 12.1. The Morgan fingerprint density at radius 3 is 3.05 bits per heavy atom. The van der Waals surface area contributed by atoms with Gasteiger partial charge in [0, 0.05) is 23.5 Å². The first-order valence-corrected chi connectivity index (χ1v) is 6.82. The summed E-state index contributed by atoms with van der Waals surface area (Å²) >= 11 is 1.69. The van der Waals surface area contributed by atoms with E-state index in [2.05, 4.69) is 21.8 Å². The van der Waals surface area contributed by atoms with Crippen LogP contribution in [0.15, 0.2) is 36.0 Å². The maximum atomic E-state index is 12.1. The highest BCUT2D eigenvalue weighted by atomic mass is 32.1. The highest BCUT2D eigenvalue weighted by Crippen LogP contribution is 2.14. The maximum Gasteiger partial charge on any atom is 0.253 e. The van der Waals surface area contributed by atoms with Crippen molar-refractivity contribution in [1.29, 1.82) is 0 Å². The second-order valence-corrected chi connectivity index (χ2v) is 5.26. The zero-order valence-electron chi connectivity index (χ0n) is 10.6. The monoisotopic (exact) mass is 276 g/mol. The Kier molecular flexibility index (Phi) is 4.48. The molecule has 0 aliphatic rings. The van der Waals surface area contributed by atoms with E-state index in [1.54, 1.807) is 23.6 Å². The molecule has 0 saturated heterocycles. The van der Waals surface area contributed by atoms with Crippen LogP contribution >= 0.6 is 11.3 Å². The van der Waals surface area contributed by atoms with Gasteiger partial charge in [-0.3, -0.25) is 15.6 Å². The van der Waals surface area contributed by atoms with Crippen molar-refractivity contribution in [1.82, 2.24) is 10.3 Å². The zero-order chi connectivity index (χ0) is 13.7. The van der Waals surface area contributed by atoms with Gasteiger partial charge in [0.25, 0.3) is 5.91 Å². The van der Waals surface area contributed by atoms with Crippen molar-refractivity contribution >= 4 is 22.9 Å². The molecule has 6 heteroatoms. The highest BCUT2D eigenvalue weighted by Gasteiger charge is 2.13. The van der Waals surface area contributed by atoms with Gasteiger partial charge in [0.15, 0.2) is 0 Å². The molecule has 0 saturated carbocycles. The van der Waals surface area contributed by atoms with Crippen molar-refractivity contribution in [2.75, 3.05) is 5.43 Å². The zero-order valence-corrected chi connectivity index (χ0v) is 11.4. The molecule has 0 fully saturated rings. The fraction of sp³-hybridized carbons (Fsp3) is 0.231. The lowest BCUT2D eigenvalue weighted by atomic mass is 10.1. The van der Waals surface area contributed by atoms with E-state index in [-0.39, 0.29) is 11.9 Å². The molecule has 2 aromatic rings. The number of nitrogens with zero attached hydrogens (tertiary/aromatic N) is 1. The summed E-state index contributed by atoms with van der Waals surface area (Å²) in [6, 6.07) is 5.77. The number of hydrogen-bond donors (Lipinski definition) is 3. The van der Waals surface area contributed by atoms with Crippen LogP contribution in [0.2, 0.25) is 0 Å². The van der Waals surface area contributed by atoms with E-state index in [9.17, 15) is 4.79 Å². The van der Waals surface area contributed by atoms with Gasteiger partial charge >= 0.3 is 0 Å². The molecule has 0 aliphatic carbocycles. The number of carbonyl (C=O) groups excluding carboxylic acids is 1.